The topological polar surface area (TPSA) is 65.5 Å². The Hall–Kier alpha value is -1.91. The Kier molecular flexibility index (Phi) is 3.17. The van der Waals surface area contributed by atoms with E-state index in [-0.39, 0.29) is 5.56 Å². The van der Waals surface area contributed by atoms with Crippen LogP contribution < -0.4 is 4.74 Å². The number of hydrogen-bond acceptors (Lipinski definition) is 5. The maximum Gasteiger partial charge on any atom is 0.379 e. The summed E-state index contributed by atoms with van der Waals surface area (Å²) < 4.78 is 9.07. The van der Waals surface area contributed by atoms with Gasteiger partial charge in [-0.3, -0.25) is 4.79 Å². The van der Waals surface area contributed by atoms with Crippen LogP contribution in [-0.2, 0) is 9.53 Å². The fraction of sp³-hybridized carbons (Fsp3) is 0.222. The maximum atomic E-state index is 11.2. The number of carbonyl (C=O) groups is 2. The van der Waals surface area contributed by atoms with Gasteiger partial charge in [-0.25, -0.2) is 9.78 Å². The first-order valence-corrected chi connectivity index (χ1v) is 3.81. The van der Waals surface area contributed by atoms with Crippen molar-refractivity contribution in [1.82, 2.24) is 4.98 Å². The quantitative estimate of drug-likeness (QED) is 0.398. The number of ether oxygens (including phenoxy) is 2. The molecule has 0 aliphatic carbocycles. The van der Waals surface area contributed by atoms with Crippen LogP contribution in [0.25, 0.3) is 0 Å². The molecule has 0 radical (unpaired) electrons. The van der Waals surface area contributed by atoms with Gasteiger partial charge in [0.2, 0.25) is 5.88 Å². The van der Waals surface area contributed by atoms with Crippen molar-refractivity contribution in [2.75, 3.05) is 14.2 Å². The molecule has 0 fully saturated rings. The highest BCUT2D eigenvalue weighted by atomic mass is 16.5. The molecule has 0 spiro atoms. The van der Waals surface area contributed by atoms with Gasteiger partial charge in [-0.15, -0.1) is 0 Å². The monoisotopic (exact) mass is 195 g/mol. The second-order valence-corrected chi connectivity index (χ2v) is 2.41. The number of aromatic nitrogens is 1. The lowest BCUT2D eigenvalue weighted by molar-refractivity contribution is -0.135. The van der Waals surface area contributed by atoms with Crippen molar-refractivity contribution < 1.29 is 19.1 Å². The van der Waals surface area contributed by atoms with Gasteiger partial charge in [0.05, 0.1) is 14.2 Å². The van der Waals surface area contributed by atoms with Gasteiger partial charge in [-0.05, 0) is 6.07 Å². The second kappa shape index (κ2) is 4.36. The van der Waals surface area contributed by atoms with Gasteiger partial charge in [0, 0.05) is 17.8 Å². The maximum absolute atomic E-state index is 11.2. The summed E-state index contributed by atoms with van der Waals surface area (Å²) in [7, 11) is 2.61. The minimum Gasteiger partial charge on any atom is -0.481 e. The van der Waals surface area contributed by atoms with Gasteiger partial charge >= 0.3 is 5.97 Å². The minimum atomic E-state index is -0.906. The summed E-state index contributed by atoms with van der Waals surface area (Å²) in [5.74, 6) is -1.24. The molecule has 74 valence electrons. The molecule has 14 heavy (non-hydrogen) atoms. The third kappa shape index (κ3) is 2.07. The normalized spacial score (nSPS) is 9.29. The van der Waals surface area contributed by atoms with Crippen molar-refractivity contribution in [3.63, 3.8) is 0 Å². The molecule has 0 bridgehead atoms. The van der Waals surface area contributed by atoms with E-state index in [9.17, 15) is 9.59 Å². The molecule has 0 saturated carbocycles. The van der Waals surface area contributed by atoms with Crippen LogP contribution in [0.4, 0.5) is 0 Å². The standard InChI is InChI=1S/C9H9NO4/c1-13-7-4-3-6(5-10-7)8(11)9(12)14-2/h3-5H,1-2H3. The average molecular weight is 195 g/mol. The van der Waals surface area contributed by atoms with Crippen molar-refractivity contribution in [3.05, 3.63) is 23.9 Å². The Balaban J connectivity index is 2.87. The van der Waals surface area contributed by atoms with E-state index in [0.717, 1.165) is 7.11 Å². The smallest absolute Gasteiger partial charge is 0.379 e. The van der Waals surface area contributed by atoms with Crippen LogP contribution in [0.15, 0.2) is 18.3 Å². The highest BCUT2D eigenvalue weighted by Crippen LogP contribution is 2.07. The van der Waals surface area contributed by atoms with Crippen molar-refractivity contribution in [2.24, 2.45) is 0 Å². The van der Waals surface area contributed by atoms with E-state index in [1.54, 1.807) is 0 Å². The summed E-state index contributed by atoms with van der Waals surface area (Å²) in [6.07, 6.45) is 1.26. The summed E-state index contributed by atoms with van der Waals surface area (Å²) in [5.41, 5.74) is 0.178. The van der Waals surface area contributed by atoms with Crippen molar-refractivity contribution in [1.29, 1.82) is 0 Å². The predicted octanol–water partition coefficient (Wildman–Crippen LogP) is 0.446. The number of rotatable bonds is 3. The SMILES string of the molecule is COC(=O)C(=O)c1ccc(OC)nc1. The lowest BCUT2D eigenvalue weighted by Gasteiger charge is -2.00. The number of Topliss-reactive ketones (excluding diaryl/α,β-unsaturated/α-hetero) is 1. The van der Waals surface area contributed by atoms with Crippen LogP contribution in [0.3, 0.4) is 0 Å². The van der Waals surface area contributed by atoms with Gasteiger partial charge in [-0.1, -0.05) is 0 Å². The highest BCUT2D eigenvalue weighted by Gasteiger charge is 2.16. The van der Waals surface area contributed by atoms with Crippen LogP contribution in [0, 0.1) is 0 Å². The summed E-state index contributed by atoms with van der Waals surface area (Å²) in [6, 6.07) is 2.95. The van der Waals surface area contributed by atoms with E-state index in [2.05, 4.69) is 9.72 Å². The van der Waals surface area contributed by atoms with E-state index in [0.29, 0.717) is 5.88 Å². The number of ketones is 1. The van der Waals surface area contributed by atoms with E-state index in [1.165, 1.54) is 25.4 Å². The third-order valence-corrected chi connectivity index (χ3v) is 1.58. The molecule has 0 amide bonds. The van der Waals surface area contributed by atoms with Crippen molar-refractivity contribution in [2.45, 2.75) is 0 Å². The summed E-state index contributed by atoms with van der Waals surface area (Å²) in [5, 5.41) is 0. The molecule has 5 heteroatoms. The zero-order chi connectivity index (χ0) is 10.6. The number of pyridine rings is 1. The van der Waals surface area contributed by atoms with Gasteiger partial charge < -0.3 is 9.47 Å². The fourth-order valence-corrected chi connectivity index (χ4v) is 0.846. The Morgan fingerprint density at radius 2 is 2.00 bits per heavy atom. The molecule has 0 N–H and O–H groups in total. The zero-order valence-corrected chi connectivity index (χ0v) is 7.81. The number of methoxy groups -OCH3 is 2. The molecule has 5 nitrogen and oxygen atoms in total. The molecule has 1 heterocycles. The molecule has 0 aliphatic rings. The summed E-state index contributed by atoms with van der Waals surface area (Å²) in [4.78, 5) is 25.8. The number of esters is 1. The third-order valence-electron chi connectivity index (χ3n) is 1.58. The lowest BCUT2D eigenvalue weighted by Crippen LogP contribution is -2.15. The Morgan fingerprint density at radius 3 is 2.43 bits per heavy atom. The molecular weight excluding hydrogens is 186 g/mol. The Morgan fingerprint density at radius 1 is 1.29 bits per heavy atom. The first-order valence-electron chi connectivity index (χ1n) is 3.81. The highest BCUT2D eigenvalue weighted by molar-refractivity contribution is 6.40. The Bertz CT molecular complexity index is 344. The van der Waals surface area contributed by atoms with Crippen LogP contribution in [-0.4, -0.2) is 31.0 Å². The second-order valence-electron chi connectivity index (χ2n) is 2.41. The van der Waals surface area contributed by atoms with Crippen LogP contribution >= 0.6 is 0 Å². The Labute approximate surface area is 80.7 Å². The number of nitrogens with zero attached hydrogens (tertiary/aromatic N) is 1. The largest absolute Gasteiger partial charge is 0.481 e. The fourth-order valence-electron chi connectivity index (χ4n) is 0.846. The summed E-state index contributed by atoms with van der Waals surface area (Å²) >= 11 is 0. The minimum absolute atomic E-state index is 0.178. The number of hydrogen-bond donors (Lipinski definition) is 0. The van der Waals surface area contributed by atoms with Gasteiger partial charge in [0.1, 0.15) is 0 Å². The van der Waals surface area contributed by atoms with Crippen molar-refractivity contribution in [3.8, 4) is 5.88 Å². The van der Waals surface area contributed by atoms with Crippen molar-refractivity contribution >= 4 is 11.8 Å². The van der Waals surface area contributed by atoms with E-state index in [1.807, 2.05) is 0 Å². The van der Waals surface area contributed by atoms with Gasteiger partial charge in [0.25, 0.3) is 5.78 Å². The molecule has 0 atom stereocenters. The van der Waals surface area contributed by atoms with Gasteiger partial charge in [-0.2, -0.15) is 0 Å². The van der Waals surface area contributed by atoms with Gasteiger partial charge in [0.15, 0.2) is 0 Å². The average Bonchev–Trinajstić information content (AvgIpc) is 2.27. The van der Waals surface area contributed by atoms with E-state index in [4.69, 9.17) is 4.74 Å². The summed E-state index contributed by atoms with van der Waals surface area (Å²) in [6.45, 7) is 0. The molecule has 1 aromatic heterocycles. The molecule has 1 rings (SSSR count). The molecule has 1 aromatic rings. The molecule has 0 saturated heterocycles. The van der Waals surface area contributed by atoms with E-state index < -0.39 is 11.8 Å². The van der Waals surface area contributed by atoms with Crippen LogP contribution in [0.5, 0.6) is 5.88 Å². The molecule has 0 aromatic carbocycles. The lowest BCUT2D eigenvalue weighted by atomic mass is 10.2. The zero-order valence-electron chi connectivity index (χ0n) is 7.81. The first kappa shape index (κ1) is 10.2. The molecular formula is C9H9NO4. The van der Waals surface area contributed by atoms with Crippen LogP contribution in [0.1, 0.15) is 10.4 Å². The molecule has 0 aliphatic heterocycles. The first-order chi connectivity index (χ1) is 6.69. The number of carbonyl (C=O) groups excluding carboxylic acids is 2. The van der Waals surface area contributed by atoms with E-state index >= 15 is 0 Å². The van der Waals surface area contributed by atoms with Crippen LogP contribution in [0.2, 0.25) is 0 Å². The predicted molar refractivity (Wildman–Crippen MR) is 47.1 cm³/mol. The molecule has 0 unspecified atom stereocenters.